The monoisotopic (exact) mass is 343 g/mol. The van der Waals surface area contributed by atoms with Gasteiger partial charge in [-0.2, -0.15) is 4.31 Å². The second-order valence-corrected chi connectivity index (χ2v) is 7.88. The first-order valence-electron chi connectivity index (χ1n) is 6.29. The van der Waals surface area contributed by atoms with Gasteiger partial charge in [0.05, 0.1) is 4.90 Å². The molecule has 2 aliphatic rings. The van der Waals surface area contributed by atoms with E-state index in [2.05, 4.69) is 15.9 Å². The standard InChI is InChI=1S/C13H14BrNO3S/c14-9-1-5-13(6-2-9)19(17,18)15-10-3-4-11(15)8-12(16)7-10/h1-2,5-6,10-11H,3-4,7-8H2. The van der Waals surface area contributed by atoms with Crippen LogP contribution in [-0.2, 0) is 14.8 Å². The Bertz CT molecular complexity index is 595. The van der Waals surface area contributed by atoms with E-state index in [4.69, 9.17) is 0 Å². The lowest BCUT2D eigenvalue weighted by Crippen LogP contribution is -2.46. The van der Waals surface area contributed by atoms with Gasteiger partial charge < -0.3 is 0 Å². The number of Topliss-reactive ketones (excluding diaryl/α,β-unsaturated/α-hetero) is 1. The molecule has 2 fully saturated rings. The molecular formula is C13H14BrNO3S. The summed E-state index contributed by atoms with van der Waals surface area (Å²) < 4.78 is 27.7. The molecule has 0 N–H and O–H groups in total. The molecule has 0 aromatic heterocycles. The lowest BCUT2D eigenvalue weighted by molar-refractivity contribution is -0.122. The van der Waals surface area contributed by atoms with Crippen molar-refractivity contribution in [3.8, 4) is 0 Å². The minimum Gasteiger partial charge on any atom is -0.300 e. The molecule has 0 amide bonds. The van der Waals surface area contributed by atoms with Crippen LogP contribution < -0.4 is 0 Å². The Hall–Kier alpha value is -0.720. The van der Waals surface area contributed by atoms with Gasteiger partial charge in [-0.25, -0.2) is 8.42 Å². The van der Waals surface area contributed by atoms with Gasteiger partial charge in [-0.15, -0.1) is 0 Å². The summed E-state index contributed by atoms with van der Waals surface area (Å²) in [5, 5.41) is 0. The van der Waals surface area contributed by atoms with E-state index in [9.17, 15) is 13.2 Å². The minimum atomic E-state index is -3.48. The number of piperidine rings is 1. The maximum atomic E-state index is 12.7. The van der Waals surface area contributed by atoms with Crippen molar-refractivity contribution in [3.63, 3.8) is 0 Å². The molecule has 2 bridgehead atoms. The maximum absolute atomic E-state index is 12.7. The first-order valence-corrected chi connectivity index (χ1v) is 8.52. The molecule has 2 unspecified atom stereocenters. The van der Waals surface area contributed by atoms with E-state index in [1.807, 2.05) is 0 Å². The Labute approximate surface area is 121 Å². The van der Waals surface area contributed by atoms with Gasteiger partial charge in [-0.3, -0.25) is 4.79 Å². The van der Waals surface area contributed by atoms with Crippen LogP contribution in [0, 0.1) is 0 Å². The highest BCUT2D eigenvalue weighted by Gasteiger charge is 2.46. The maximum Gasteiger partial charge on any atom is 0.243 e. The zero-order valence-corrected chi connectivity index (χ0v) is 12.7. The van der Waals surface area contributed by atoms with Crippen LogP contribution in [0.4, 0.5) is 0 Å². The molecule has 2 atom stereocenters. The van der Waals surface area contributed by atoms with Gasteiger partial charge in [0.2, 0.25) is 10.0 Å². The van der Waals surface area contributed by atoms with E-state index in [1.54, 1.807) is 28.6 Å². The fraction of sp³-hybridized carbons (Fsp3) is 0.462. The van der Waals surface area contributed by atoms with E-state index < -0.39 is 10.0 Å². The number of hydrogen-bond donors (Lipinski definition) is 0. The molecule has 0 radical (unpaired) electrons. The van der Waals surface area contributed by atoms with Crippen molar-refractivity contribution in [1.29, 1.82) is 0 Å². The number of benzene rings is 1. The average molecular weight is 344 g/mol. The van der Waals surface area contributed by atoms with Crippen LogP contribution in [0.3, 0.4) is 0 Å². The minimum absolute atomic E-state index is 0.139. The van der Waals surface area contributed by atoms with Crippen LogP contribution in [0.2, 0.25) is 0 Å². The first kappa shape index (κ1) is 13.3. The Balaban J connectivity index is 1.97. The summed E-state index contributed by atoms with van der Waals surface area (Å²) in [6.07, 6.45) is 2.33. The molecule has 0 saturated carbocycles. The van der Waals surface area contributed by atoms with E-state index in [0.717, 1.165) is 17.3 Å². The molecule has 2 heterocycles. The summed E-state index contributed by atoms with van der Waals surface area (Å²) >= 11 is 3.30. The predicted molar refractivity (Wildman–Crippen MR) is 74.2 cm³/mol. The van der Waals surface area contributed by atoms with E-state index in [0.29, 0.717) is 17.7 Å². The van der Waals surface area contributed by atoms with Gasteiger partial charge in [-0.1, -0.05) is 15.9 Å². The number of nitrogens with zero attached hydrogens (tertiary/aromatic N) is 1. The highest BCUT2D eigenvalue weighted by Crippen LogP contribution is 2.38. The van der Waals surface area contributed by atoms with Crippen LogP contribution in [0.15, 0.2) is 33.6 Å². The number of sulfonamides is 1. The summed E-state index contributed by atoms with van der Waals surface area (Å²) in [5.41, 5.74) is 0. The molecule has 4 nitrogen and oxygen atoms in total. The van der Waals surface area contributed by atoms with Crippen molar-refractivity contribution < 1.29 is 13.2 Å². The van der Waals surface area contributed by atoms with Crippen molar-refractivity contribution >= 4 is 31.7 Å². The number of ketones is 1. The summed E-state index contributed by atoms with van der Waals surface area (Å²) in [6.45, 7) is 0. The molecule has 2 aliphatic heterocycles. The molecule has 6 heteroatoms. The van der Waals surface area contributed by atoms with Gasteiger partial charge in [0.15, 0.2) is 0 Å². The highest BCUT2D eigenvalue weighted by molar-refractivity contribution is 9.10. The zero-order valence-electron chi connectivity index (χ0n) is 10.3. The van der Waals surface area contributed by atoms with Crippen molar-refractivity contribution in [1.82, 2.24) is 4.31 Å². The highest BCUT2D eigenvalue weighted by atomic mass is 79.9. The van der Waals surface area contributed by atoms with Crippen LogP contribution in [0.1, 0.15) is 25.7 Å². The third-order valence-electron chi connectivity index (χ3n) is 3.87. The number of carbonyl (C=O) groups excluding carboxylic acids is 1. The van der Waals surface area contributed by atoms with Crippen LogP contribution in [0.5, 0.6) is 0 Å². The smallest absolute Gasteiger partial charge is 0.243 e. The summed E-state index contributed by atoms with van der Waals surface area (Å²) in [6, 6.07) is 6.39. The predicted octanol–water partition coefficient (Wildman–Crippen LogP) is 2.33. The lowest BCUT2D eigenvalue weighted by atomic mass is 10.0. The molecule has 0 aliphatic carbocycles. The first-order chi connectivity index (χ1) is 8.98. The van der Waals surface area contributed by atoms with Gasteiger partial charge in [0.25, 0.3) is 0 Å². The molecule has 1 aromatic rings. The number of fused-ring (bicyclic) bond motifs is 2. The number of carbonyl (C=O) groups is 1. The quantitative estimate of drug-likeness (QED) is 0.828. The topological polar surface area (TPSA) is 54.5 Å². The summed E-state index contributed by atoms with van der Waals surface area (Å²) in [5.74, 6) is 0.190. The van der Waals surface area contributed by atoms with Crippen molar-refractivity contribution in [2.24, 2.45) is 0 Å². The SMILES string of the molecule is O=C1CC2CCC(C1)N2S(=O)(=O)c1ccc(Br)cc1. The van der Waals surface area contributed by atoms with E-state index >= 15 is 0 Å². The lowest BCUT2D eigenvalue weighted by Gasteiger charge is -2.32. The molecule has 102 valence electrons. The molecule has 0 spiro atoms. The number of hydrogen-bond acceptors (Lipinski definition) is 3. The van der Waals surface area contributed by atoms with Crippen molar-refractivity contribution in [3.05, 3.63) is 28.7 Å². The molecule has 2 saturated heterocycles. The molecular weight excluding hydrogens is 330 g/mol. The molecule has 19 heavy (non-hydrogen) atoms. The normalized spacial score (nSPS) is 27.7. The second-order valence-electron chi connectivity index (χ2n) is 5.12. The van der Waals surface area contributed by atoms with Gasteiger partial charge in [0, 0.05) is 29.4 Å². The van der Waals surface area contributed by atoms with Crippen LogP contribution >= 0.6 is 15.9 Å². The van der Waals surface area contributed by atoms with Gasteiger partial charge in [-0.05, 0) is 37.1 Å². The van der Waals surface area contributed by atoms with Crippen LogP contribution in [0.25, 0.3) is 0 Å². The van der Waals surface area contributed by atoms with Crippen molar-refractivity contribution in [2.45, 2.75) is 42.7 Å². The second kappa shape index (κ2) is 4.68. The Morgan fingerprint density at radius 1 is 1.05 bits per heavy atom. The average Bonchev–Trinajstić information content (AvgIpc) is 2.64. The van der Waals surface area contributed by atoms with Gasteiger partial charge in [0.1, 0.15) is 5.78 Å². The summed E-state index contributed by atoms with van der Waals surface area (Å²) in [7, 11) is -3.48. The Morgan fingerprint density at radius 3 is 2.11 bits per heavy atom. The van der Waals surface area contributed by atoms with E-state index in [1.165, 1.54) is 0 Å². The number of rotatable bonds is 2. The largest absolute Gasteiger partial charge is 0.300 e. The Kier molecular flexibility index (Phi) is 3.27. The molecule has 1 aromatic carbocycles. The van der Waals surface area contributed by atoms with Gasteiger partial charge >= 0.3 is 0 Å². The fourth-order valence-corrected chi connectivity index (χ4v) is 5.18. The van der Waals surface area contributed by atoms with Crippen molar-refractivity contribution in [2.75, 3.05) is 0 Å². The third-order valence-corrected chi connectivity index (χ3v) is 6.42. The fourth-order valence-electron chi connectivity index (χ4n) is 3.05. The van der Waals surface area contributed by atoms with E-state index in [-0.39, 0.29) is 17.9 Å². The Morgan fingerprint density at radius 2 is 1.58 bits per heavy atom. The zero-order chi connectivity index (χ0) is 13.6. The third kappa shape index (κ3) is 2.26. The molecule has 3 rings (SSSR count). The van der Waals surface area contributed by atoms with Crippen LogP contribution in [-0.4, -0.2) is 30.6 Å². The number of halogens is 1. The summed E-state index contributed by atoms with van der Waals surface area (Å²) in [4.78, 5) is 11.9.